The predicted octanol–water partition coefficient (Wildman–Crippen LogP) is 3.42. The Labute approximate surface area is 144 Å². The number of piperidine rings is 1. The Morgan fingerprint density at radius 1 is 1.32 bits per heavy atom. The zero-order valence-electron chi connectivity index (χ0n) is 14.0. The molecular formula is C18H19F2N3O2. The first kappa shape index (κ1) is 16.2. The van der Waals surface area contributed by atoms with E-state index in [0.717, 1.165) is 43.6 Å². The number of aromatic nitrogens is 2. The number of carbonyl (C=O) groups excluding carboxylic acids is 1. The van der Waals surface area contributed by atoms with Crippen LogP contribution >= 0.6 is 0 Å². The number of nitrogens with zero attached hydrogens (tertiary/aromatic N) is 3. The van der Waals surface area contributed by atoms with Gasteiger partial charge in [-0.2, -0.15) is 4.98 Å². The largest absolute Gasteiger partial charge is 0.339 e. The Balaban J connectivity index is 1.54. The van der Waals surface area contributed by atoms with Crippen molar-refractivity contribution in [1.82, 2.24) is 15.0 Å². The minimum atomic E-state index is -1.02. The molecule has 4 rings (SSSR count). The van der Waals surface area contributed by atoms with Crippen molar-refractivity contribution in [3.8, 4) is 0 Å². The van der Waals surface area contributed by atoms with E-state index in [-0.39, 0.29) is 11.5 Å². The predicted molar refractivity (Wildman–Crippen MR) is 85.1 cm³/mol. The van der Waals surface area contributed by atoms with Crippen molar-refractivity contribution in [2.75, 3.05) is 13.1 Å². The molecule has 0 N–H and O–H groups in total. The van der Waals surface area contributed by atoms with E-state index in [0.29, 0.717) is 24.9 Å². The highest BCUT2D eigenvalue weighted by molar-refractivity contribution is 5.94. The lowest BCUT2D eigenvalue weighted by atomic mass is 9.81. The number of amides is 1. The fourth-order valence-corrected chi connectivity index (χ4v) is 3.39. The van der Waals surface area contributed by atoms with Crippen LogP contribution in [0.25, 0.3) is 0 Å². The molecule has 1 atom stereocenters. The van der Waals surface area contributed by atoms with E-state index in [1.165, 1.54) is 6.07 Å². The molecule has 1 aliphatic carbocycles. The zero-order chi connectivity index (χ0) is 17.6. The Hall–Kier alpha value is -2.31. The molecule has 0 unspecified atom stereocenters. The van der Waals surface area contributed by atoms with Gasteiger partial charge in [0.15, 0.2) is 17.5 Å². The number of hydrogen-bond donors (Lipinski definition) is 0. The second-order valence-corrected chi connectivity index (χ2v) is 7.25. The van der Waals surface area contributed by atoms with Crippen molar-refractivity contribution in [2.24, 2.45) is 0 Å². The monoisotopic (exact) mass is 347 g/mol. The highest BCUT2D eigenvalue weighted by atomic mass is 19.2. The first-order valence-electron chi connectivity index (χ1n) is 8.55. The molecule has 1 aromatic carbocycles. The van der Waals surface area contributed by atoms with Crippen LogP contribution in [0.3, 0.4) is 0 Å². The molecule has 1 saturated heterocycles. The SMILES string of the molecule is C[C@@]1(c2nc(C3CC3)no2)CCCN(C(=O)c2ccc(F)c(F)c2)C1. The van der Waals surface area contributed by atoms with Gasteiger partial charge in [0.1, 0.15) is 0 Å². The summed E-state index contributed by atoms with van der Waals surface area (Å²) in [6, 6.07) is 3.23. The van der Waals surface area contributed by atoms with Gasteiger partial charge in [0.2, 0.25) is 5.89 Å². The second kappa shape index (κ2) is 5.89. The molecule has 0 radical (unpaired) electrons. The first-order chi connectivity index (χ1) is 12.0. The van der Waals surface area contributed by atoms with Gasteiger partial charge in [0.25, 0.3) is 5.91 Å². The quantitative estimate of drug-likeness (QED) is 0.854. The molecule has 5 nitrogen and oxygen atoms in total. The van der Waals surface area contributed by atoms with Gasteiger partial charge in [-0.3, -0.25) is 4.79 Å². The number of likely N-dealkylation sites (tertiary alicyclic amines) is 1. The van der Waals surface area contributed by atoms with Crippen molar-refractivity contribution >= 4 is 5.91 Å². The summed E-state index contributed by atoms with van der Waals surface area (Å²) < 4.78 is 32.0. The van der Waals surface area contributed by atoms with E-state index in [2.05, 4.69) is 10.1 Å². The fourth-order valence-electron chi connectivity index (χ4n) is 3.39. The molecule has 0 bridgehead atoms. The third-order valence-corrected chi connectivity index (χ3v) is 5.05. The lowest BCUT2D eigenvalue weighted by Gasteiger charge is -2.38. The average Bonchev–Trinajstić information content (AvgIpc) is 3.33. The van der Waals surface area contributed by atoms with E-state index in [4.69, 9.17) is 4.52 Å². The summed E-state index contributed by atoms with van der Waals surface area (Å²) >= 11 is 0. The minimum Gasteiger partial charge on any atom is -0.339 e. The average molecular weight is 347 g/mol. The van der Waals surface area contributed by atoms with E-state index >= 15 is 0 Å². The molecule has 2 heterocycles. The Bertz CT molecular complexity index is 818. The summed E-state index contributed by atoms with van der Waals surface area (Å²) in [5, 5.41) is 4.07. The number of halogens is 2. The second-order valence-electron chi connectivity index (χ2n) is 7.25. The van der Waals surface area contributed by atoms with Crippen LogP contribution in [0.2, 0.25) is 0 Å². The maximum atomic E-state index is 13.4. The molecule has 1 amide bonds. The molecule has 1 aliphatic heterocycles. The molecular weight excluding hydrogens is 328 g/mol. The van der Waals surface area contributed by atoms with Crippen molar-refractivity contribution in [3.63, 3.8) is 0 Å². The van der Waals surface area contributed by atoms with E-state index < -0.39 is 17.0 Å². The van der Waals surface area contributed by atoms with Crippen LogP contribution in [0.15, 0.2) is 22.7 Å². The molecule has 2 aliphatic rings. The lowest BCUT2D eigenvalue weighted by Crippen LogP contribution is -2.47. The van der Waals surface area contributed by atoms with Crippen molar-refractivity contribution < 1.29 is 18.1 Å². The van der Waals surface area contributed by atoms with Gasteiger partial charge < -0.3 is 9.42 Å². The highest BCUT2D eigenvalue weighted by Crippen LogP contribution is 2.40. The molecule has 25 heavy (non-hydrogen) atoms. The van der Waals surface area contributed by atoms with Crippen LogP contribution in [-0.2, 0) is 5.41 Å². The number of hydrogen-bond acceptors (Lipinski definition) is 4. The topological polar surface area (TPSA) is 59.2 Å². The van der Waals surface area contributed by atoms with Gasteiger partial charge in [0.05, 0.1) is 5.41 Å². The smallest absolute Gasteiger partial charge is 0.253 e. The Kier molecular flexibility index (Phi) is 3.81. The van der Waals surface area contributed by atoms with Crippen molar-refractivity contribution in [1.29, 1.82) is 0 Å². The van der Waals surface area contributed by atoms with Crippen molar-refractivity contribution in [3.05, 3.63) is 47.1 Å². The highest BCUT2D eigenvalue weighted by Gasteiger charge is 2.40. The van der Waals surface area contributed by atoms with Crippen LogP contribution in [0.1, 0.15) is 60.6 Å². The molecule has 132 valence electrons. The van der Waals surface area contributed by atoms with Crippen LogP contribution in [0.5, 0.6) is 0 Å². The first-order valence-corrected chi connectivity index (χ1v) is 8.55. The molecule has 1 saturated carbocycles. The number of benzene rings is 1. The summed E-state index contributed by atoms with van der Waals surface area (Å²) in [6.45, 7) is 2.98. The minimum absolute atomic E-state index is 0.146. The van der Waals surface area contributed by atoms with Crippen molar-refractivity contribution in [2.45, 2.75) is 43.9 Å². The molecule has 2 fully saturated rings. The van der Waals surface area contributed by atoms with Gasteiger partial charge in [-0.1, -0.05) is 5.16 Å². The molecule has 1 aromatic heterocycles. The van der Waals surface area contributed by atoms with Gasteiger partial charge >= 0.3 is 0 Å². The summed E-state index contributed by atoms with van der Waals surface area (Å²) in [5.41, 5.74) is -0.278. The standard InChI is InChI=1S/C18H19F2N3O2/c1-18(17-21-15(22-25-17)11-3-4-11)7-2-8-23(10-18)16(24)12-5-6-13(19)14(20)9-12/h5-6,9,11H,2-4,7-8,10H2,1H3/t18-/m1/s1. The van der Waals surface area contributed by atoms with Gasteiger partial charge in [-0.15, -0.1) is 0 Å². The molecule has 0 spiro atoms. The maximum absolute atomic E-state index is 13.4. The zero-order valence-corrected chi connectivity index (χ0v) is 14.0. The number of rotatable bonds is 3. The van der Waals surface area contributed by atoms with Gasteiger partial charge in [-0.25, -0.2) is 8.78 Å². The Morgan fingerprint density at radius 2 is 2.12 bits per heavy atom. The molecule has 7 heteroatoms. The third kappa shape index (κ3) is 3.03. The third-order valence-electron chi connectivity index (χ3n) is 5.05. The van der Waals surface area contributed by atoms with Gasteiger partial charge in [-0.05, 0) is 50.8 Å². The summed E-state index contributed by atoms with van der Waals surface area (Å²) in [7, 11) is 0. The van der Waals surface area contributed by atoms with Crippen LogP contribution in [0, 0.1) is 11.6 Å². The normalized spacial score (nSPS) is 23.7. The Morgan fingerprint density at radius 3 is 2.84 bits per heavy atom. The summed E-state index contributed by atoms with van der Waals surface area (Å²) in [5.74, 6) is -0.580. The summed E-state index contributed by atoms with van der Waals surface area (Å²) in [4.78, 5) is 18.9. The fraction of sp³-hybridized carbons (Fsp3) is 0.500. The lowest BCUT2D eigenvalue weighted by molar-refractivity contribution is 0.0619. The molecule has 2 aromatic rings. The van der Waals surface area contributed by atoms with Crippen LogP contribution in [0.4, 0.5) is 8.78 Å². The van der Waals surface area contributed by atoms with Crippen LogP contribution in [-0.4, -0.2) is 34.0 Å². The maximum Gasteiger partial charge on any atom is 0.253 e. The number of carbonyl (C=O) groups is 1. The summed E-state index contributed by atoms with van der Waals surface area (Å²) in [6.07, 6.45) is 3.81. The van der Waals surface area contributed by atoms with E-state index in [9.17, 15) is 13.6 Å². The van der Waals surface area contributed by atoms with Crippen LogP contribution < -0.4 is 0 Å². The van der Waals surface area contributed by atoms with Gasteiger partial charge in [0, 0.05) is 24.6 Å². The van der Waals surface area contributed by atoms with E-state index in [1.54, 1.807) is 4.90 Å². The van der Waals surface area contributed by atoms with E-state index in [1.807, 2.05) is 6.92 Å².